The summed E-state index contributed by atoms with van der Waals surface area (Å²) >= 11 is 1.20. The molecule has 3 aromatic heterocycles. The van der Waals surface area contributed by atoms with Crippen molar-refractivity contribution in [2.24, 2.45) is 5.10 Å². The Labute approximate surface area is 246 Å². The van der Waals surface area contributed by atoms with Gasteiger partial charge in [-0.15, -0.1) is 11.3 Å². The Bertz CT molecular complexity index is 1700. The van der Waals surface area contributed by atoms with Crippen LogP contribution in [-0.4, -0.2) is 65.9 Å². The fourth-order valence-electron chi connectivity index (χ4n) is 5.16. The highest BCUT2D eigenvalue weighted by atomic mass is 32.1. The Morgan fingerprint density at radius 3 is 2.58 bits per heavy atom. The molecule has 0 spiro atoms. The molecule has 2 amide bonds. The van der Waals surface area contributed by atoms with E-state index in [2.05, 4.69) is 20.3 Å². The first kappa shape index (κ1) is 28.5. The van der Waals surface area contributed by atoms with Gasteiger partial charge in [-0.05, 0) is 43.2 Å². The number of nitrogens with one attached hydrogen (secondary N) is 1. The van der Waals surface area contributed by atoms with E-state index in [1.54, 1.807) is 40.9 Å². The van der Waals surface area contributed by atoms with Gasteiger partial charge in [0.05, 0.1) is 41.3 Å². The number of likely N-dealkylation sites (tertiary alicyclic amines) is 1. The van der Waals surface area contributed by atoms with Crippen LogP contribution in [0.1, 0.15) is 52.9 Å². The number of nitrogens with zero attached hydrogens (tertiary/aromatic N) is 7. The average molecular weight is 613 g/mol. The normalized spacial score (nSPS) is 15.6. The van der Waals surface area contributed by atoms with Crippen molar-refractivity contribution < 1.29 is 27.2 Å². The number of allylic oxidation sites excluding steroid dienone is 1. The van der Waals surface area contributed by atoms with Crippen LogP contribution in [0.4, 0.5) is 23.4 Å². The molecule has 0 saturated carbocycles. The number of halogens is 4. The van der Waals surface area contributed by atoms with Crippen LogP contribution in [-0.2, 0) is 4.79 Å². The Balaban J connectivity index is 1.32. The van der Waals surface area contributed by atoms with Crippen molar-refractivity contribution >= 4 is 40.8 Å². The topological polar surface area (TPSA) is 110 Å². The lowest BCUT2D eigenvalue weighted by Gasteiger charge is -2.33. The average Bonchev–Trinajstić information content (AvgIpc) is 3.71. The number of carbonyl (C=O) groups is 2. The number of carbonyl (C=O) groups excluding carboxylic acids is 2. The zero-order valence-electron chi connectivity index (χ0n) is 22.5. The molecule has 0 unspecified atom stereocenters. The molecule has 1 saturated heterocycles. The molecule has 2 aliphatic rings. The smallest absolute Gasteiger partial charge is 0.342 e. The molecule has 5 heterocycles. The summed E-state index contributed by atoms with van der Waals surface area (Å²) in [5.41, 5.74) is 4.05. The van der Waals surface area contributed by atoms with Gasteiger partial charge in [0.2, 0.25) is 5.91 Å². The van der Waals surface area contributed by atoms with Gasteiger partial charge in [-0.25, -0.2) is 19.0 Å². The number of alkyl halides is 3. The number of imidazole rings is 2. The maximum absolute atomic E-state index is 13.8. The van der Waals surface area contributed by atoms with E-state index < -0.39 is 24.3 Å². The molecule has 1 aromatic carbocycles. The van der Waals surface area contributed by atoms with Crippen molar-refractivity contribution in [3.05, 3.63) is 76.8 Å². The first-order chi connectivity index (χ1) is 20.6. The van der Waals surface area contributed by atoms with Crippen LogP contribution in [0, 0.1) is 5.82 Å². The quantitative estimate of drug-likeness (QED) is 0.294. The highest BCUT2D eigenvalue weighted by molar-refractivity contribution is 7.11. The van der Waals surface area contributed by atoms with Crippen LogP contribution in [0.5, 0.6) is 0 Å². The zero-order valence-corrected chi connectivity index (χ0v) is 23.3. The molecule has 4 aromatic rings. The van der Waals surface area contributed by atoms with E-state index in [0.29, 0.717) is 58.4 Å². The summed E-state index contributed by atoms with van der Waals surface area (Å²) in [5, 5.41) is 7.58. The molecule has 1 fully saturated rings. The summed E-state index contributed by atoms with van der Waals surface area (Å²) in [4.78, 5) is 39.4. The molecule has 15 heteroatoms. The van der Waals surface area contributed by atoms with Gasteiger partial charge in [0.25, 0.3) is 5.91 Å². The summed E-state index contributed by atoms with van der Waals surface area (Å²) in [6, 6.07) is 5.74. The van der Waals surface area contributed by atoms with Crippen molar-refractivity contribution in [1.82, 2.24) is 29.1 Å². The summed E-state index contributed by atoms with van der Waals surface area (Å²) in [6.07, 6.45) is 3.56. The molecule has 6 rings (SSSR count). The maximum Gasteiger partial charge on any atom is 0.397 e. The third-order valence-electron chi connectivity index (χ3n) is 7.17. The predicted octanol–water partition coefficient (Wildman–Crippen LogP) is 5.38. The number of hydrogen-bond acceptors (Lipinski definition) is 7. The van der Waals surface area contributed by atoms with E-state index >= 15 is 0 Å². The molecule has 43 heavy (non-hydrogen) atoms. The van der Waals surface area contributed by atoms with E-state index in [9.17, 15) is 27.2 Å². The second-order valence-corrected chi connectivity index (χ2v) is 10.9. The maximum atomic E-state index is 13.8. The summed E-state index contributed by atoms with van der Waals surface area (Å²) < 4.78 is 55.6. The van der Waals surface area contributed by atoms with Crippen LogP contribution >= 0.6 is 11.3 Å². The number of fused-ring (bicyclic) bond motifs is 1. The van der Waals surface area contributed by atoms with Gasteiger partial charge in [-0.1, -0.05) is 6.08 Å². The minimum atomic E-state index is -4.56. The predicted molar refractivity (Wildman–Crippen MR) is 151 cm³/mol. The fraction of sp³-hybridized carbons (Fsp3) is 0.286. The van der Waals surface area contributed by atoms with Gasteiger partial charge < -0.3 is 14.8 Å². The second kappa shape index (κ2) is 11.6. The summed E-state index contributed by atoms with van der Waals surface area (Å²) in [6.45, 7) is 0.341. The highest BCUT2D eigenvalue weighted by Crippen LogP contribution is 2.32. The van der Waals surface area contributed by atoms with Crippen molar-refractivity contribution in [3.63, 3.8) is 0 Å². The van der Waals surface area contributed by atoms with Crippen molar-refractivity contribution in [2.45, 2.75) is 37.9 Å². The number of anilines is 1. The number of hydrogen-bond donors (Lipinski definition) is 1. The van der Waals surface area contributed by atoms with Crippen LogP contribution in [0.2, 0.25) is 0 Å². The molecule has 0 radical (unpaired) electrons. The molecule has 0 aliphatic carbocycles. The monoisotopic (exact) mass is 612 g/mol. The molecule has 222 valence electrons. The number of piperidine rings is 1. The van der Waals surface area contributed by atoms with Crippen LogP contribution in [0.3, 0.4) is 0 Å². The highest BCUT2D eigenvalue weighted by Gasteiger charge is 2.35. The standard InChI is InChI=1S/C28H24F4N8O2S/c29-18-6-4-17(5-7-18)25-26(39(15-34-25)19-8-10-38(11-9-19)24(41)12-28(30,31)32)20-2-1-3-23-35-22(14-40(23)37-20)36-27(42)21-13-33-16-43-21/h1,3-7,13-16,19H,2,8-12H2,(H,36,42). The third kappa shape index (κ3) is 6.26. The van der Waals surface area contributed by atoms with Crippen LogP contribution < -0.4 is 5.32 Å². The van der Waals surface area contributed by atoms with Crippen LogP contribution in [0.15, 0.2) is 59.7 Å². The molecule has 0 bridgehead atoms. The Morgan fingerprint density at radius 1 is 1.12 bits per heavy atom. The lowest BCUT2D eigenvalue weighted by Crippen LogP contribution is -2.41. The minimum absolute atomic E-state index is 0.168. The van der Waals surface area contributed by atoms with E-state index in [4.69, 9.17) is 5.10 Å². The minimum Gasteiger partial charge on any atom is -0.342 e. The Morgan fingerprint density at radius 2 is 1.88 bits per heavy atom. The van der Waals surface area contributed by atoms with Crippen LogP contribution in [0.25, 0.3) is 17.3 Å². The van der Waals surface area contributed by atoms with E-state index in [1.165, 1.54) is 34.6 Å². The lowest BCUT2D eigenvalue weighted by atomic mass is 10.0. The summed E-state index contributed by atoms with van der Waals surface area (Å²) in [5.74, 6) is -0.897. The molecule has 10 nitrogen and oxygen atoms in total. The molecule has 1 N–H and O–H groups in total. The lowest BCUT2D eigenvalue weighted by molar-refractivity contribution is -0.162. The van der Waals surface area contributed by atoms with Gasteiger partial charge in [0, 0.05) is 31.1 Å². The van der Waals surface area contributed by atoms with E-state index in [-0.39, 0.29) is 25.0 Å². The first-order valence-electron chi connectivity index (χ1n) is 13.4. The van der Waals surface area contributed by atoms with Gasteiger partial charge in [0.15, 0.2) is 11.6 Å². The molecular weight excluding hydrogens is 588 g/mol. The Kier molecular flexibility index (Phi) is 7.64. The fourth-order valence-corrected chi connectivity index (χ4v) is 5.67. The number of benzene rings is 1. The SMILES string of the molecule is O=C(Nc1cn2c(n1)C=CCC(c1c(-c3ccc(F)cc3)ncn1C1CCN(C(=O)CC(F)(F)F)CC1)=N2)c1cncs1. The molecule has 0 atom stereocenters. The molecular formula is C28H24F4N8O2S. The van der Waals surface area contributed by atoms with Gasteiger partial charge in [0.1, 0.15) is 17.1 Å². The zero-order chi connectivity index (χ0) is 30.1. The largest absolute Gasteiger partial charge is 0.397 e. The van der Waals surface area contributed by atoms with Gasteiger partial charge in [-0.2, -0.15) is 18.3 Å². The van der Waals surface area contributed by atoms with Crippen molar-refractivity contribution in [2.75, 3.05) is 18.4 Å². The third-order valence-corrected chi connectivity index (χ3v) is 7.94. The first-order valence-corrected chi connectivity index (χ1v) is 14.2. The van der Waals surface area contributed by atoms with Gasteiger partial charge in [-0.3, -0.25) is 14.6 Å². The number of aromatic nitrogens is 5. The van der Waals surface area contributed by atoms with E-state index in [0.717, 1.165) is 0 Å². The summed E-state index contributed by atoms with van der Waals surface area (Å²) in [7, 11) is 0. The number of rotatable bonds is 6. The van der Waals surface area contributed by atoms with Gasteiger partial charge >= 0.3 is 6.18 Å². The van der Waals surface area contributed by atoms with Crippen molar-refractivity contribution in [1.29, 1.82) is 0 Å². The Hall–Kier alpha value is -4.66. The number of amides is 2. The molecule has 2 aliphatic heterocycles. The van der Waals surface area contributed by atoms with E-state index in [1.807, 2.05) is 10.6 Å². The van der Waals surface area contributed by atoms with Crippen molar-refractivity contribution in [3.8, 4) is 11.3 Å². The number of thiazole rings is 1. The second-order valence-electron chi connectivity index (χ2n) is 10.1.